The van der Waals surface area contributed by atoms with Crippen molar-refractivity contribution in [3.05, 3.63) is 53.9 Å². The van der Waals surface area contributed by atoms with Gasteiger partial charge in [0.2, 0.25) is 0 Å². The van der Waals surface area contributed by atoms with Gasteiger partial charge in [-0.2, -0.15) is 5.10 Å². The molecule has 3 atom stereocenters. The molecule has 6 nitrogen and oxygen atoms in total. The molecule has 0 aliphatic heterocycles. The SMILES string of the molecule is CCNC(=NCC(c1cnn(C)c1)N(C)C)NC(C)C(C)c1ccccc1.I. The van der Waals surface area contributed by atoms with Crippen LogP contribution in [0, 0.1) is 0 Å². The first-order valence-electron chi connectivity index (χ1n) is 9.67. The molecule has 0 fully saturated rings. The molecular weight excluding hydrogens is 463 g/mol. The lowest BCUT2D eigenvalue weighted by atomic mass is 9.94. The minimum Gasteiger partial charge on any atom is -0.357 e. The average Bonchev–Trinajstić information content (AvgIpc) is 3.07. The first kappa shape index (κ1) is 24.4. The maximum atomic E-state index is 4.85. The van der Waals surface area contributed by atoms with E-state index in [0.717, 1.165) is 12.5 Å². The molecule has 1 aromatic heterocycles. The number of hydrogen-bond acceptors (Lipinski definition) is 3. The van der Waals surface area contributed by atoms with Crippen molar-refractivity contribution in [2.45, 2.75) is 38.8 Å². The van der Waals surface area contributed by atoms with Crippen molar-refractivity contribution in [1.82, 2.24) is 25.3 Å². The van der Waals surface area contributed by atoms with Crippen LogP contribution in [0.5, 0.6) is 0 Å². The number of rotatable bonds is 8. The second-order valence-corrected chi connectivity index (χ2v) is 7.28. The third-order valence-electron chi connectivity index (χ3n) is 4.94. The second-order valence-electron chi connectivity index (χ2n) is 7.28. The summed E-state index contributed by atoms with van der Waals surface area (Å²) in [6, 6.07) is 11.0. The Bertz CT molecular complexity index is 713. The van der Waals surface area contributed by atoms with Crippen molar-refractivity contribution in [3.63, 3.8) is 0 Å². The van der Waals surface area contributed by atoms with Gasteiger partial charge < -0.3 is 15.5 Å². The van der Waals surface area contributed by atoms with E-state index in [4.69, 9.17) is 4.99 Å². The van der Waals surface area contributed by atoms with E-state index in [2.05, 4.69) is 92.0 Å². The topological polar surface area (TPSA) is 57.5 Å². The van der Waals surface area contributed by atoms with Gasteiger partial charge in [-0.05, 0) is 33.5 Å². The molecular formula is C21H35IN6. The number of guanidine groups is 1. The highest BCUT2D eigenvalue weighted by molar-refractivity contribution is 14.0. The summed E-state index contributed by atoms with van der Waals surface area (Å²) < 4.78 is 1.84. The molecule has 7 heteroatoms. The van der Waals surface area contributed by atoms with Crippen LogP contribution in [0.2, 0.25) is 0 Å². The number of benzene rings is 1. The number of nitrogens with one attached hydrogen (secondary N) is 2. The molecule has 1 aromatic carbocycles. The molecule has 0 saturated heterocycles. The zero-order valence-corrected chi connectivity index (χ0v) is 20.2. The largest absolute Gasteiger partial charge is 0.357 e. The first-order valence-corrected chi connectivity index (χ1v) is 9.67. The minimum absolute atomic E-state index is 0. The van der Waals surface area contributed by atoms with Crippen LogP contribution >= 0.6 is 24.0 Å². The van der Waals surface area contributed by atoms with Gasteiger partial charge in [-0.1, -0.05) is 37.3 Å². The predicted octanol–water partition coefficient (Wildman–Crippen LogP) is 3.39. The summed E-state index contributed by atoms with van der Waals surface area (Å²) in [5.41, 5.74) is 2.50. The van der Waals surface area contributed by atoms with Crippen molar-refractivity contribution in [2.24, 2.45) is 12.0 Å². The van der Waals surface area contributed by atoms with Gasteiger partial charge in [0.1, 0.15) is 0 Å². The molecule has 0 aliphatic rings. The molecule has 2 rings (SSSR count). The monoisotopic (exact) mass is 498 g/mol. The van der Waals surface area contributed by atoms with Gasteiger partial charge in [-0.15, -0.1) is 24.0 Å². The van der Waals surface area contributed by atoms with E-state index in [1.807, 2.05) is 17.9 Å². The van der Waals surface area contributed by atoms with Gasteiger partial charge in [0, 0.05) is 37.3 Å². The van der Waals surface area contributed by atoms with Gasteiger partial charge in [-0.3, -0.25) is 9.67 Å². The summed E-state index contributed by atoms with van der Waals surface area (Å²) in [4.78, 5) is 7.03. The summed E-state index contributed by atoms with van der Waals surface area (Å²) in [5.74, 6) is 1.24. The Balaban J connectivity index is 0.00000392. The third-order valence-corrected chi connectivity index (χ3v) is 4.94. The van der Waals surface area contributed by atoms with Crippen LogP contribution < -0.4 is 10.6 Å². The smallest absolute Gasteiger partial charge is 0.191 e. The Labute approximate surface area is 186 Å². The molecule has 0 bridgehead atoms. The van der Waals surface area contributed by atoms with E-state index in [1.54, 1.807) is 0 Å². The lowest BCUT2D eigenvalue weighted by Crippen LogP contribution is -2.44. The molecule has 0 spiro atoms. The zero-order chi connectivity index (χ0) is 19.8. The summed E-state index contributed by atoms with van der Waals surface area (Å²) in [7, 11) is 6.10. The summed E-state index contributed by atoms with van der Waals surface area (Å²) in [5, 5.41) is 11.2. The quantitative estimate of drug-likeness (QED) is 0.333. The zero-order valence-electron chi connectivity index (χ0n) is 17.9. The Morgan fingerprint density at radius 1 is 1.18 bits per heavy atom. The van der Waals surface area contributed by atoms with Gasteiger partial charge in [0.25, 0.3) is 0 Å². The number of hydrogen-bond donors (Lipinski definition) is 2. The van der Waals surface area contributed by atoms with Crippen LogP contribution in [0.4, 0.5) is 0 Å². The summed E-state index contributed by atoms with van der Waals surface area (Å²) in [6.07, 6.45) is 3.97. The number of halogens is 1. The number of likely N-dealkylation sites (N-methyl/N-ethyl adjacent to an activating group) is 1. The van der Waals surface area contributed by atoms with Crippen molar-refractivity contribution in [2.75, 3.05) is 27.2 Å². The molecule has 28 heavy (non-hydrogen) atoms. The van der Waals surface area contributed by atoms with Crippen molar-refractivity contribution in [1.29, 1.82) is 0 Å². The second kappa shape index (κ2) is 12.1. The maximum absolute atomic E-state index is 4.85. The molecule has 0 saturated carbocycles. The highest BCUT2D eigenvalue weighted by Crippen LogP contribution is 2.19. The van der Waals surface area contributed by atoms with Crippen LogP contribution in [0.1, 0.15) is 43.9 Å². The predicted molar refractivity (Wildman–Crippen MR) is 128 cm³/mol. The molecule has 156 valence electrons. The number of aliphatic imine (C=N–C) groups is 1. The third kappa shape index (κ3) is 7.09. The van der Waals surface area contributed by atoms with E-state index in [0.29, 0.717) is 12.5 Å². The fourth-order valence-electron chi connectivity index (χ4n) is 3.06. The van der Waals surface area contributed by atoms with Crippen LogP contribution in [0.3, 0.4) is 0 Å². The van der Waals surface area contributed by atoms with Crippen LogP contribution in [-0.4, -0.2) is 53.9 Å². The Morgan fingerprint density at radius 3 is 2.39 bits per heavy atom. The summed E-state index contributed by atoms with van der Waals surface area (Å²) >= 11 is 0. The average molecular weight is 498 g/mol. The standard InChI is InChI=1S/C21H34N6.HI/c1-7-22-21(25-17(3)16(2)18-11-9-8-10-12-18)23-14-20(26(4)5)19-13-24-27(6)15-19;/h8-13,15-17,20H,7,14H2,1-6H3,(H2,22,23,25);1H. The highest BCUT2D eigenvalue weighted by Gasteiger charge is 2.18. The molecule has 2 aromatic rings. The van der Waals surface area contributed by atoms with E-state index >= 15 is 0 Å². The highest BCUT2D eigenvalue weighted by atomic mass is 127. The maximum Gasteiger partial charge on any atom is 0.191 e. The molecule has 0 aliphatic carbocycles. The molecule has 3 unspecified atom stereocenters. The van der Waals surface area contributed by atoms with Gasteiger partial charge >= 0.3 is 0 Å². The van der Waals surface area contributed by atoms with E-state index < -0.39 is 0 Å². The van der Waals surface area contributed by atoms with Gasteiger partial charge in [-0.25, -0.2) is 0 Å². The molecule has 0 radical (unpaired) electrons. The number of nitrogens with zero attached hydrogens (tertiary/aromatic N) is 4. The van der Waals surface area contributed by atoms with Crippen molar-refractivity contribution >= 4 is 29.9 Å². The van der Waals surface area contributed by atoms with E-state index in [9.17, 15) is 0 Å². The molecule has 1 heterocycles. The Morgan fingerprint density at radius 2 is 1.86 bits per heavy atom. The normalized spacial score (nSPS) is 14.9. The molecule has 0 amide bonds. The minimum atomic E-state index is 0. The first-order chi connectivity index (χ1) is 12.9. The van der Waals surface area contributed by atoms with Gasteiger partial charge in [0.05, 0.1) is 18.8 Å². The Kier molecular flexibility index (Phi) is 10.5. The fourth-order valence-corrected chi connectivity index (χ4v) is 3.06. The van der Waals surface area contributed by atoms with Crippen LogP contribution in [0.15, 0.2) is 47.7 Å². The fraction of sp³-hybridized carbons (Fsp3) is 0.524. The van der Waals surface area contributed by atoms with E-state index in [1.165, 1.54) is 11.1 Å². The molecule has 2 N–H and O–H groups in total. The van der Waals surface area contributed by atoms with E-state index in [-0.39, 0.29) is 36.1 Å². The van der Waals surface area contributed by atoms with Crippen molar-refractivity contribution in [3.8, 4) is 0 Å². The lowest BCUT2D eigenvalue weighted by Gasteiger charge is -2.25. The van der Waals surface area contributed by atoms with Gasteiger partial charge in [0.15, 0.2) is 5.96 Å². The summed E-state index contributed by atoms with van der Waals surface area (Å²) in [6.45, 7) is 8.04. The Hall–Kier alpha value is -1.61. The van der Waals surface area contributed by atoms with Crippen LogP contribution in [0.25, 0.3) is 0 Å². The number of aromatic nitrogens is 2. The lowest BCUT2D eigenvalue weighted by molar-refractivity contribution is 0.306. The van der Waals surface area contributed by atoms with Crippen LogP contribution in [-0.2, 0) is 7.05 Å². The van der Waals surface area contributed by atoms with Crippen molar-refractivity contribution < 1.29 is 0 Å². The number of aryl methyl sites for hydroxylation is 1.